The molecule has 1 atom stereocenters. The van der Waals surface area contributed by atoms with E-state index in [1.165, 1.54) is 17.5 Å². The van der Waals surface area contributed by atoms with E-state index in [1.807, 2.05) is 13.0 Å². The van der Waals surface area contributed by atoms with Crippen molar-refractivity contribution in [2.45, 2.75) is 24.3 Å². The molecule has 1 aliphatic rings. The van der Waals surface area contributed by atoms with Crippen LogP contribution in [0.5, 0.6) is 5.88 Å². The molecule has 0 saturated carbocycles. The maximum atomic E-state index is 12.8. The zero-order valence-electron chi connectivity index (χ0n) is 13.8. The number of esters is 1. The zero-order chi connectivity index (χ0) is 18.0. The molecular weight excluding hydrogens is 364 g/mol. The summed E-state index contributed by atoms with van der Waals surface area (Å²) in [4.78, 5) is 16.0. The molecule has 1 saturated heterocycles. The van der Waals surface area contributed by atoms with Gasteiger partial charge in [0.1, 0.15) is 15.9 Å². The fourth-order valence-corrected chi connectivity index (χ4v) is 5.38. The minimum Gasteiger partial charge on any atom is -0.473 e. The molecule has 1 unspecified atom stereocenters. The molecule has 0 spiro atoms. The number of pyridine rings is 1. The fourth-order valence-electron chi connectivity index (χ4n) is 2.59. The van der Waals surface area contributed by atoms with Crippen LogP contribution in [0.25, 0.3) is 0 Å². The summed E-state index contributed by atoms with van der Waals surface area (Å²) in [5.74, 6) is -0.176. The van der Waals surface area contributed by atoms with Crippen molar-refractivity contribution in [3.05, 3.63) is 40.2 Å². The number of sulfonamides is 1. The summed E-state index contributed by atoms with van der Waals surface area (Å²) in [6.07, 6.45) is 1.99. The highest BCUT2D eigenvalue weighted by molar-refractivity contribution is 7.89. The number of thiophene rings is 1. The number of nitrogens with zero attached hydrogens (tertiary/aromatic N) is 2. The second-order valence-electron chi connectivity index (χ2n) is 5.67. The Morgan fingerprint density at radius 3 is 2.84 bits per heavy atom. The molecule has 1 aliphatic heterocycles. The van der Waals surface area contributed by atoms with Crippen LogP contribution in [0.2, 0.25) is 0 Å². The number of ether oxygens (including phenoxy) is 2. The van der Waals surface area contributed by atoms with Crippen LogP contribution >= 0.6 is 11.3 Å². The molecule has 7 nitrogen and oxygen atoms in total. The minimum absolute atomic E-state index is 0.0153. The van der Waals surface area contributed by atoms with E-state index in [-0.39, 0.29) is 22.4 Å². The van der Waals surface area contributed by atoms with Crippen LogP contribution in [0.3, 0.4) is 0 Å². The van der Waals surface area contributed by atoms with Crippen molar-refractivity contribution in [2.24, 2.45) is 0 Å². The maximum absolute atomic E-state index is 12.8. The highest BCUT2D eigenvalue weighted by Gasteiger charge is 2.36. The van der Waals surface area contributed by atoms with Crippen molar-refractivity contribution in [3.63, 3.8) is 0 Å². The van der Waals surface area contributed by atoms with Crippen LogP contribution in [-0.4, -0.2) is 50.0 Å². The van der Waals surface area contributed by atoms with Crippen LogP contribution in [0.1, 0.15) is 21.7 Å². The maximum Gasteiger partial charge on any atom is 0.349 e. The first-order valence-electron chi connectivity index (χ1n) is 7.67. The van der Waals surface area contributed by atoms with Gasteiger partial charge < -0.3 is 9.47 Å². The van der Waals surface area contributed by atoms with Crippen LogP contribution in [-0.2, 0) is 14.8 Å². The Hall–Kier alpha value is -1.97. The third kappa shape index (κ3) is 3.68. The molecule has 2 aromatic rings. The highest BCUT2D eigenvalue weighted by atomic mass is 32.2. The van der Waals surface area contributed by atoms with E-state index in [4.69, 9.17) is 4.74 Å². The molecule has 0 radical (unpaired) electrons. The monoisotopic (exact) mass is 382 g/mol. The van der Waals surface area contributed by atoms with Crippen LogP contribution in [0, 0.1) is 6.92 Å². The van der Waals surface area contributed by atoms with E-state index >= 15 is 0 Å². The quantitative estimate of drug-likeness (QED) is 0.736. The molecule has 0 amide bonds. The number of hydrogen-bond acceptors (Lipinski definition) is 7. The first kappa shape index (κ1) is 17.8. The van der Waals surface area contributed by atoms with Gasteiger partial charge >= 0.3 is 5.97 Å². The third-order valence-electron chi connectivity index (χ3n) is 3.90. The van der Waals surface area contributed by atoms with Gasteiger partial charge in [0.25, 0.3) is 0 Å². The second kappa shape index (κ2) is 7.11. The van der Waals surface area contributed by atoms with Gasteiger partial charge in [0.2, 0.25) is 15.9 Å². The summed E-state index contributed by atoms with van der Waals surface area (Å²) in [5.41, 5.74) is 1.02. The standard InChI is InChI=1S/C16H18N2O5S2/c1-11-3-4-14(17-9-11)23-12-5-7-18(10-12)25(20,21)13-6-8-24-15(13)16(19)22-2/h3-4,6,8-9,12H,5,7,10H2,1-2H3. The summed E-state index contributed by atoms with van der Waals surface area (Å²) < 4.78 is 37.4. The van der Waals surface area contributed by atoms with Gasteiger partial charge in [-0.05, 0) is 30.4 Å². The summed E-state index contributed by atoms with van der Waals surface area (Å²) in [7, 11) is -2.54. The van der Waals surface area contributed by atoms with Crippen LogP contribution < -0.4 is 4.74 Å². The second-order valence-corrected chi connectivity index (χ2v) is 8.49. The molecule has 9 heteroatoms. The predicted octanol–water partition coefficient (Wildman–Crippen LogP) is 2.08. The predicted molar refractivity (Wildman–Crippen MR) is 92.4 cm³/mol. The lowest BCUT2D eigenvalue weighted by atomic mass is 10.3. The van der Waals surface area contributed by atoms with Crippen molar-refractivity contribution in [1.29, 1.82) is 0 Å². The smallest absolute Gasteiger partial charge is 0.349 e. The number of aryl methyl sites for hydroxylation is 1. The van der Waals surface area contributed by atoms with E-state index in [0.29, 0.717) is 18.8 Å². The molecule has 3 heterocycles. The lowest BCUT2D eigenvalue weighted by Gasteiger charge is -2.17. The van der Waals surface area contributed by atoms with Gasteiger partial charge in [-0.25, -0.2) is 18.2 Å². The van der Waals surface area contributed by atoms with Gasteiger partial charge in [-0.1, -0.05) is 6.07 Å². The topological polar surface area (TPSA) is 85.8 Å². The Bertz CT molecular complexity index is 861. The lowest BCUT2D eigenvalue weighted by molar-refractivity contribution is 0.0602. The molecule has 0 N–H and O–H groups in total. The van der Waals surface area contributed by atoms with Gasteiger partial charge in [0, 0.05) is 18.8 Å². The number of carbonyl (C=O) groups excluding carboxylic acids is 1. The average molecular weight is 382 g/mol. The molecule has 1 fully saturated rings. The van der Waals surface area contributed by atoms with Gasteiger partial charge in [-0.3, -0.25) is 0 Å². The number of hydrogen-bond donors (Lipinski definition) is 0. The molecule has 3 rings (SSSR count). The van der Waals surface area contributed by atoms with Gasteiger partial charge in [0.15, 0.2) is 0 Å². The number of carbonyl (C=O) groups is 1. The van der Waals surface area contributed by atoms with E-state index in [2.05, 4.69) is 9.72 Å². The highest BCUT2D eigenvalue weighted by Crippen LogP contribution is 2.29. The summed E-state index contributed by atoms with van der Waals surface area (Å²) in [5, 5.41) is 1.57. The normalized spacial score (nSPS) is 18.2. The van der Waals surface area contributed by atoms with E-state index in [9.17, 15) is 13.2 Å². The molecular formula is C16H18N2O5S2. The molecule has 134 valence electrons. The van der Waals surface area contributed by atoms with Crippen molar-refractivity contribution in [2.75, 3.05) is 20.2 Å². The Labute approximate surface area is 150 Å². The van der Waals surface area contributed by atoms with E-state index in [1.54, 1.807) is 17.6 Å². The van der Waals surface area contributed by atoms with Gasteiger partial charge in [-0.15, -0.1) is 11.3 Å². The molecule has 0 aromatic carbocycles. The average Bonchev–Trinajstić information content (AvgIpc) is 3.26. The number of aromatic nitrogens is 1. The third-order valence-corrected chi connectivity index (χ3v) is 6.83. The van der Waals surface area contributed by atoms with Crippen LogP contribution in [0.15, 0.2) is 34.7 Å². The summed E-state index contributed by atoms with van der Waals surface area (Å²) in [6, 6.07) is 5.09. The Morgan fingerprint density at radius 2 is 2.16 bits per heavy atom. The van der Waals surface area contributed by atoms with Crippen molar-refractivity contribution in [1.82, 2.24) is 9.29 Å². The Kier molecular flexibility index (Phi) is 5.07. The van der Waals surface area contributed by atoms with E-state index < -0.39 is 16.0 Å². The Morgan fingerprint density at radius 1 is 1.36 bits per heavy atom. The van der Waals surface area contributed by atoms with Crippen molar-refractivity contribution >= 4 is 27.3 Å². The number of methoxy groups -OCH3 is 1. The Balaban J connectivity index is 1.73. The largest absolute Gasteiger partial charge is 0.473 e. The van der Waals surface area contributed by atoms with Crippen LogP contribution in [0.4, 0.5) is 0 Å². The van der Waals surface area contributed by atoms with Gasteiger partial charge in [-0.2, -0.15) is 4.31 Å². The fraction of sp³-hybridized carbons (Fsp3) is 0.375. The minimum atomic E-state index is -3.77. The molecule has 25 heavy (non-hydrogen) atoms. The van der Waals surface area contributed by atoms with Crippen molar-refractivity contribution < 1.29 is 22.7 Å². The lowest BCUT2D eigenvalue weighted by Crippen LogP contribution is -2.31. The van der Waals surface area contributed by atoms with Crippen molar-refractivity contribution in [3.8, 4) is 5.88 Å². The van der Waals surface area contributed by atoms with Gasteiger partial charge in [0.05, 0.1) is 13.7 Å². The van der Waals surface area contributed by atoms with E-state index in [0.717, 1.165) is 16.9 Å². The summed E-state index contributed by atoms with van der Waals surface area (Å²) >= 11 is 1.05. The molecule has 0 bridgehead atoms. The SMILES string of the molecule is COC(=O)c1sccc1S(=O)(=O)N1CCC(Oc2ccc(C)cn2)C1. The first-order valence-corrected chi connectivity index (χ1v) is 9.99. The molecule has 0 aliphatic carbocycles. The molecule has 2 aromatic heterocycles. The zero-order valence-corrected chi connectivity index (χ0v) is 15.5. The number of rotatable bonds is 5. The summed E-state index contributed by atoms with van der Waals surface area (Å²) in [6.45, 7) is 2.48. The first-order chi connectivity index (χ1) is 11.9.